The van der Waals surface area contributed by atoms with E-state index in [1.165, 1.54) is 23.0 Å². The van der Waals surface area contributed by atoms with Gasteiger partial charge in [0.15, 0.2) is 4.80 Å². The van der Waals surface area contributed by atoms with Crippen LogP contribution in [0, 0.1) is 0 Å². The highest BCUT2D eigenvalue weighted by molar-refractivity contribution is 7.07. The van der Waals surface area contributed by atoms with Gasteiger partial charge in [-0.25, -0.2) is 9.79 Å². The summed E-state index contributed by atoms with van der Waals surface area (Å²) < 4.78 is 17.6. The summed E-state index contributed by atoms with van der Waals surface area (Å²) in [5.41, 5.74) is 1.95. The highest BCUT2D eigenvalue weighted by atomic mass is 35.5. The fourth-order valence-corrected chi connectivity index (χ4v) is 5.01. The largest absolute Gasteiger partial charge is 0.497 e. The Morgan fingerprint density at radius 2 is 1.88 bits per heavy atom. The van der Waals surface area contributed by atoms with Crippen LogP contribution >= 0.6 is 22.9 Å². The van der Waals surface area contributed by atoms with E-state index < -0.39 is 12.0 Å². The average molecular weight is 499 g/mol. The lowest BCUT2D eigenvalue weighted by Crippen LogP contribution is -2.40. The summed E-state index contributed by atoms with van der Waals surface area (Å²) in [5.74, 6) is 0.164. The van der Waals surface area contributed by atoms with Crippen molar-refractivity contribution >= 4 is 35.0 Å². The van der Waals surface area contributed by atoms with Gasteiger partial charge in [0.25, 0.3) is 5.56 Å². The minimum absolute atomic E-state index is 0.0866. The van der Waals surface area contributed by atoms with Gasteiger partial charge in [-0.05, 0) is 42.3 Å². The van der Waals surface area contributed by atoms with Gasteiger partial charge >= 0.3 is 5.97 Å². The van der Waals surface area contributed by atoms with Crippen molar-refractivity contribution in [1.29, 1.82) is 0 Å². The molecule has 0 saturated carbocycles. The Morgan fingerprint density at radius 1 is 1.15 bits per heavy atom. The third-order valence-corrected chi connectivity index (χ3v) is 6.70. The molecule has 1 aliphatic heterocycles. The first kappa shape index (κ1) is 23.9. The molecule has 0 amide bonds. The maximum atomic E-state index is 13.6. The molecule has 1 aromatic heterocycles. The van der Waals surface area contributed by atoms with Gasteiger partial charge < -0.3 is 14.2 Å². The number of ether oxygens (including phenoxy) is 3. The molecular formula is C25H23ClN2O5S. The highest BCUT2D eigenvalue weighted by Crippen LogP contribution is 2.34. The van der Waals surface area contributed by atoms with Crippen LogP contribution in [0.2, 0.25) is 5.02 Å². The zero-order valence-corrected chi connectivity index (χ0v) is 20.5. The quantitative estimate of drug-likeness (QED) is 0.369. The first-order valence-electron chi connectivity index (χ1n) is 10.5. The van der Waals surface area contributed by atoms with E-state index in [2.05, 4.69) is 4.99 Å². The van der Waals surface area contributed by atoms with E-state index in [0.29, 0.717) is 25.6 Å². The number of fused-ring (bicyclic) bond motifs is 1. The molecule has 34 heavy (non-hydrogen) atoms. The van der Waals surface area contributed by atoms with Crippen LogP contribution in [0.1, 0.15) is 24.1 Å². The number of halogens is 1. The van der Waals surface area contributed by atoms with Crippen molar-refractivity contribution in [3.8, 4) is 5.75 Å². The molecule has 0 bridgehead atoms. The molecule has 176 valence electrons. The summed E-state index contributed by atoms with van der Waals surface area (Å²) in [6.45, 7) is 2.08. The lowest BCUT2D eigenvalue weighted by molar-refractivity contribution is -0.140. The zero-order chi connectivity index (χ0) is 24.2. The predicted molar refractivity (Wildman–Crippen MR) is 131 cm³/mol. The van der Waals surface area contributed by atoms with Crippen LogP contribution < -0.4 is 19.6 Å². The molecule has 0 saturated heterocycles. The number of rotatable bonds is 7. The highest BCUT2D eigenvalue weighted by Gasteiger charge is 2.34. The van der Waals surface area contributed by atoms with E-state index in [9.17, 15) is 9.59 Å². The van der Waals surface area contributed by atoms with Gasteiger partial charge in [0.1, 0.15) is 18.4 Å². The molecule has 2 heterocycles. The van der Waals surface area contributed by atoms with Gasteiger partial charge in [0, 0.05) is 12.1 Å². The Morgan fingerprint density at radius 3 is 2.56 bits per heavy atom. The van der Waals surface area contributed by atoms with Crippen LogP contribution in [-0.4, -0.2) is 38.0 Å². The molecule has 1 aliphatic rings. The maximum Gasteiger partial charge on any atom is 0.338 e. The van der Waals surface area contributed by atoms with E-state index in [4.69, 9.17) is 25.8 Å². The zero-order valence-electron chi connectivity index (χ0n) is 18.9. The van der Waals surface area contributed by atoms with E-state index >= 15 is 0 Å². The fourth-order valence-electron chi connectivity index (χ4n) is 3.72. The van der Waals surface area contributed by atoms with Gasteiger partial charge in [0.05, 0.1) is 29.5 Å². The summed E-state index contributed by atoms with van der Waals surface area (Å²) in [7, 11) is 3.13. The smallest absolute Gasteiger partial charge is 0.338 e. The summed E-state index contributed by atoms with van der Waals surface area (Å²) >= 11 is 7.79. The van der Waals surface area contributed by atoms with Gasteiger partial charge in [-0.15, -0.1) is 0 Å². The lowest BCUT2D eigenvalue weighted by Gasteiger charge is -2.25. The van der Waals surface area contributed by atoms with E-state index in [-0.39, 0.29) is 24.3 Å². The number of hydrogen-bond donors (Lipinski definition) is 0. The molecule has 7 nitrogen and oxygen atoms in total. The standard InChI is InChI=1S/C25H23ClN2O5S/c1-15-21(24(30)33-13-12-31-2)22(18-6-4-5-7-19(18)26)28-23(29)20(34-25(28)27-15)14-16-8-10-17(32-3)11-9-16/h4-11,14,22H,12-13H2,1-3H3/b20-14-/t22-/m0/s1. The average Bonchev–Trinajstić information content (AvgIpc) is 3.13. The number of benzene rings is 2. The Balaban J connectivity index is 1.88. The molecule has 0 N–H and O–H groups in total. The summed E-state index contributed by atoms with van der Waals surface area (Å²) in [6, 6.07) is 13.8. The monoisotopic (exact) mass is 498 g/mol. The van der Waals surface area contributed by atoms with Crippen molar-refractivity contribution in [3.63, 3.8) is 0 Å². The molecule has 4 rings (SSSR count). The first-order valence-corrected chi connectivity index (χ1v) is 11.7. The van der Waals surface area contributed by atoms with Crippen molar-refractivity contribution in [3.05, 3.63) is 95.6 Å². The Labute approximate surface area is 205 Å². The number of allylic oxidation sites excluding steroid dienone is 1. The molecule has 0 aliphatic carbocycles. The second-order valence-corrected chi connectivity index (χ2v) is 8.92. The van der Waals surface area contributed by atoms with Crippen molar-refractivity contribution in [2.45, 2.75) is 13.0 Å². The minimum atomic E-state index is -0.766. The van der Waals surface area contributed by atoms with Crippen LogP contribution in [0.3, 0.4) is 0 Å². The minimum Gasteiger partial charge on any atom is -0.497 e. The third kappa shape index (κ3) is 4.70. The van der Waals surface area contributed by atoms with Crippen LogP contribution in [0.15, 0.2) is 69.6 Å². The lowest BCUT2D eigenvalue weighted by atomic mass is 9.96. The number of hydrogen-bond acceptors (Lipinski definition) is 7. The number of esters is 1. The van der Waals surface area contributed by atoms with Gasteiger partial charge in [-0.3, -0.25) is 9.36 Å². The molecule has 0 fully saturated rings. The van der Waals surface area contributed by atoms with E-state index in [1.54, 1.807) is 38.3 Å². The third-order valence-electron chi connectivity index (χ3n) is 5.38. The molecule has 2 aromatic carbocycles. The molecule has 1 atom stereocenters. The SMILES string of the molecule is COCCOC(=O)C1=C(C)N=c2s/c(=C\c3ccc(OC)cc3)c(=O)n2[C@H]1c1ccccc1Cl. The van der Waals surface area contributed by atoms with Crippen molar-refractivity contribution < 1.29 is 19.0 Å². The molecule has 0 radical (unpaired) electrons. The van der Waals surface area contributed by atoms with Gasteiger partial charge in [-0.2, -0.15) is 0 Å². The van der Waals surface area contributed by atoms with E-state index in [1.807, 2.05) is 30.3 Å². The number of thiazole rings is 1. The van der Waals surface area contributed by atoms with Crippen LogP contribution in [-0.2, 0) is 14.3 Å². The Hall–Kier alpha value is -3.20. The summed E-state index contributed by atoms with van der Waals surface area (Å²) in [4.78, 5) is 31.7. The second-order valence-electron chi connectivity index (χ2n) is 7.51. The van der Waals surface area contributed by atoms with Crippen molar-refractivity contribution in [1.82, 2.24) is 4.57 Å². The molecule has 3 aromatic rings. The molecule has 0 spiro atoms. The van der Waals surface area contributed by atoms with Gasteiger partial charge in [-0.1, -0.05) is 53.3 Å². The first-order chi connectivity index (χ1) is 16.4. The number of nitrogens with zero attached hydrogens (tertiary/aromatic N) is 2. The van der Waals surface area contributed by atoms with E-state index in [0.717, 1.165) is 11.3 Å². The predicted octanol–water partition coefficient (Wildman–Crippen LogP) is 3.09. The summed E-state index contributed by atoms with van der Waals surface area (Å²) in [6.07, 6.45) is 1.79. The number of methoxy groups -OCH3 is 2. The summed E-state index contributed by atoms with van der Waals surface area (Å²) in [5, 5.41) is 0.439. The Bertz CT molecular complexity index is 1420. The fraction of sp³-hybridized carbons (Fsp3) is 0.240. The Kier molecular flexibility index (Phi) is 7.31. The van der Waals surface area contributed by atoms with Crippen molar-refractivity contribution in [2.24, 2.45) is 4.99 Å². The second kappa shape index (κ2) is 10.4. The maximum absolute atomic E-state index is 13.6. The number of carbonyl (C=O) groups is 1. The van der Waals surface area contributed by atoms with Crippen molar-refractivity contribution in [2.75, 3.05) is 27.4 Å². The molecule has 9 heteroatoms. The van der Waals surface area contributed by atoms with Gasteiger partial charge in [0.2, 0.25) is 0 Å². The van der Waals surface area contributed by atoms with Crippen LogP contribution in [0.25, 0.3) is 6.08 Å². The van der Waals surface area contributed by atoms with Crippen LogP contribution in [0.5, 0.6) is 5.75 Å². The number of aromatic nitrogens is 1. The molecular weight excluding hydrogens is 476 g/mol. The van der Waals surface area contributed by atoms with Crippen LogP contribution in [0.4, 0.5) is 0 Å². The topological polar surface area (TPSA) is 79.1 Å². The normalized spacial score (nSPS) is 15.6. The molecule has 0 unspecified atom stereocenters. The number of carbonyl (C=O) groups excluding carboxylic acids is 1.